The number of halogens is 1. The number of methoxy groups -OCH3 is 1. The Morgan fingerprint density at radius 2 is 2.11 bits per heavy atom. The van der Waals surface area contributed by atoms with Crippen molar-refractivity contribution in [3.63, 3.8) is 0 Å². The lowest BCUT2D eigenvalue weighted by molar-refractivity contribution is -0.115. The lowest BCUT2D eigenvalue weighted by Gasteiger charge is -2.10. The number of carbonyl (C=O) groups excluding carboxylic acids is 1. The minimum absolute atomic E-state index is 0.136. The number of anilines is 1. The molecule has 1 amide bonds. The summed E-state index contributed by atoms with van der Waals surface area (Å²) in [7, 11) is 1.54. The highest BCUT2D eigenvalue weighted by Gasteiger charge is 2.04. The number of amides is 1. The maximum absolute atomic E-state index is 11.6. The molecule has 0 radical (unpaired) electrons. The zero-order valence-electron chi connectivity index (χ0n) is 10.9. The second kappa shape index (κ2) is 8.87. The summed E-state index contributed by atoms with van der Waals surface area (Å²) >= 11 is 5.75. The third-order valence-corrected chi connectivity index (χ3v) is 2.68. The van der Waals surface area contributed by atoms with Crippen molar-refractivity contribution >= 4 is 23.2 Å². The topological polar surface area (TPSA) is 70.6 Å². The molecule has 0 fully saturated rings. The van der Waals surface area contributed by atoms with E-state index in [1.165, 1.54) is 7.11 Å². The maximum Gasteiger partial charge on any atom is 0.238 e. The van der Waals surface area contributed by atoms with Gasteiger partial charge in [0, 0.05) is 17.8 Å². The van der Waals surface area contributed by atoms with Crippen LogP contribution in [-0.2, 0) is 9.53 Å². The van der Waals surface area contributed by atoms with Gasteiger partial charge in [-0.3, -0.25) is 4.79 Å². The lowest BCUT2D eigenvalue weighted by atomic mass is 10.2. The molecule has 0 heterocycles. The Bertz CT molecular complexity index is 384. The van der Waals surface area contributed by atoms with Crippen molar-refractivity contribution in [1.82, 2.24) is 5.32 Å². The Balaban J connectivity index is 2.16. The summed E-state index contributed by atoms with van der Waals surface area (Å²) in [5.41, 5.74) is 0.704. The molecular formula is C13H19ClN2O3. The number of carbonyl (C=O) groups is 1. The summed E-state index contributed by atoms with van der Waals surface area (Å²) in [5, 5.41) is 15.7. The molecule has 5 nitrogen and oxygen atoms in total. The summed E-state index contributed by atoms with van der Waals surface area (Å²) in [5.74, 6) is -0.136. The Morgan fingerprint density at radius 1 is 1.42 bits per heavy atom. The van der Waals surface area contributed by atoms with E-state index < -0.39 is 6.10 Å². The third-order valence-electron chi connectivity index (χ3n) is 2.43. The van der Waals surface area contributed by atoms with Crippen LogP contribution in [0.2, 0.25) is 5.02 Å². The van der Waals surface area contributed by atoms with Crippen molar-refractivity contribution in [2.75, 3.05) is 32.1 Å². The molecule has 1 rings (SSSR count). The predicted molar refractivity (Wildman–Crippen MR) is 75.5 cm³/mol. The van der Waals surface area contributed by atoms with Gasteiger partial charge in [0.15, 0.2) is 0 Å². The molecular weight excluding hydrogens is 268 g/mol. The monoisotopic (exact) mass is 286 g/mol. The fraction of sp³-hybridized carbons (Fsp3) is 0.462. The van der Waals surface area contributed by atoms with E-state index >= 15 is 0 Å². The van der Waals surface area contributed by atoms with Gasteiger partial charge in [-0.1, -0.05) is 11.6 Å². The van der Waals surface area contributed by atoms with Gasteiger partial charge in [0.25, 0.3) is 0 Å². The summed E-state index contributed by atoms with van der Waals surface area (Å²) < 4.78 is 4.80. The zero-order valence-corrected chi connectivity index (χ0v) is 11.6. The number of benzene rings is 1. The molecule has 0 bridgehead atoms. The van der Waals surface area contributed by atoms with Gasteiger partial charge in [-0.2, -0.15) is 0 Å². The quantitative estimate of drug-likeness (QED) is 0.629. The number of hydrogen-bond acceptors (Lipinski definition) is 4. The Kier molecular flexibility index (Phi) is 7.43. The molecule has 1 unspecified atom stereocenters. The maximum atomic E-state index is 11.6. The number of rotatable bonds is 8. The van der Waals surface area contributed by atoms with Crippen LogP contribution in [0, 0.1) is 0 Å². The number of ether oxygens (including phenoxy) is 1. The third kappa shape index (κ3) is 7.12. The van der Waals surface area contributed by atoms with E-state index in [2.05, 4.69) is 10.6 Å². The van der Waals surface area contributed by atoms with E-state index in [1.807, 2.05) is 0 Å². The highest BCUT2D eigenvalue weighted by molar-refractivity contribution is 6.30. The summed E-state index contributed by atoms with van der Waals surface area (Å²) in [6.07, 6.45) is 0.0408. The van der Waals surface area contributed by atoms with Gasteiger partial charge in [-0.15, -0.1) is 0 Å². The van der Waals surface area contributed by atoms with Gasteiger partial charge in [0.1, 0.15) is 0 Å². The van der Waals surface area contributed by atoms with Crippen molar-refractivity contribution in [3.8, 4) is 0 Å². The molecule has 0 saturated carbocycles. The van der Waals surface area contributed by atoms with Crippen molar-refractivity contribution in [3.05, 3.63) is 29.3 Å². The second-order valence-electron chi connectivity index (χ2n) is 4.13. The Morgan fingerprint density at radius 3 is 2.74 bits per heavy atom. The number of hydrogen-bond donors (Lipinski definition) is 3. The largest absolute Gasteiger partial charge is 0.391 e. The van der Waals surface area contributed by atoms with Crippen molar-refractivity contribution < 1.29 is 14.6 Å². The average molecular weight is 287 g/mol. The molecule has 0 spiro atoms. The SMILES string of the molecule is COCC(O)CCNCC(=O)Nc1ccc(Cl)cc1. The summed E-state index contributed by atoms with van der Waals surface area (Å²) in [4.78, 5) is 11.6. The fourth-order valence-corrected chi connectivity index (χ4v) is 1.61. The fourth-order valence-electron chi connectivity index (χ4n) is 1.48. The molecule has 0 aliphatic carbocycles. The summed E-state index contributed by atoms with van der Waals surface area (Å²) in [6.45, 7) is 1.06. The van der Waals surface area contributed by atoms with E-state index in [0.29, 0.717) is 30.3 Å². The molecule has 0 aliphatic rings. The molecule has 0 aliphatic heterocycles. The smallest absolute Gasteiger partial charge is 0.238 e. The zero-order chi connectivity index (χ0) is 14.1. The Hall–Kier alpha value is -1.14. The van der Waals surface area contributed by atoms with Crippen LogP contribution < -0.4 is 10.6 Å². The van der Waals surface area contributed by atoms with E-state index in [1.54, 1.807) is 24.3 Å². The molecule has 19 heavy (non-hydrogen) atoms. The number of nitrogens with one attached hydrogen (secondary N) is 2. The second-order valence-corrected chi connectivity index (χ2v) is 4.57. The molecule has 6 heteroatoms. The minimum atomic E-state index is -0.503. The van der Waals surface area contributed by atoms with Gasteiger partial charge in [-0.05, 0) is 37.2 Å². The Labute approximate surface area is 117 Å². The molecule has 0 saturated heterocycles. The molecule has 0 aromatic heterocycles. The first-order valence-corrected chi connectivity index (χ1v) is 6.42. The normalized spacial score (nSPS) is 12.2. The molecule has 1 atom stereocenters. The van der Waals surface area contributed by atoms with Gasteiger partial charge in [0.05, 0.1) is 19.3 Å². The van der Waals surface area contributed by atoms with E-state index in [4.69, 9.17) is 16.3 Å². The lowest BCUT2D eigenvalue weighted by Crippen LogP contribution is -2.31. The molecule has 106 valence electrons. The van der Waals surface area contributed by atoms with Crippen LogP contribution in [0.15, 0.2) is 24.3 Å². The first-order chi connectivity index (χ1) is 9.11. The highest BCUT2D eigenvalue weighted by Crippen LogP contribution is 2.12. The molecule has 3 N–H and O–H groups in total. The molecule has 1 aromatic rings. The van der Waals surface area contributed by atoms with Gasteiger partial charge in [0.2, 0.25) is 5.91 Å². The standard InChI is InChI=1S/C13H19ClN2O3/c1-19-9-12(17)6-7-15-8-13(18)16-11-4-2-10(14)3-5-11/h2-5,12,15,17H,6-9H2,1H3,(H,16,18). The summed E-state index contributed by atoms with van der Waals surface area (Å²) in [6, 6.07) is 6.91. The average Bonchev–Trinajstić information content (AvgIpc) is 2.38. The van der Waals surface area contributed by atoms with Gasteiger partial charge < -0.3 is 20.5 Å². The van der Waals surface area contributed by atoms with Crippen LogP contribution in [-0.4, -0.2) is 43.9 Å². The van der Waals surface area contributed by atoms with Crippen molar-refractivity contribution in [2.45, 2.75) is 12.5 Å². The number of aliphatic hydroxyl groups is 1. The van der Waals surface area contributed by atoms with Gasteiger partial charge in [-0.25, -0.2) is 0 Å². The van der Waals surface area contributed by atoms with Crippen LogP contribution in [0.1, 0.15) is 6.42 Å². The van der Waals surface area contributed by atoms with Crippen molar-refractivity contribution in [2.24, 2.45) is 0 Å². The van der Waals surface area contributed by atoms with E-state index in [9.17, 15) is 9.90 Å². The number of aliphatic hydroxyl groups excluding tert-OH is 1. The molecule has 1 aromatic carbocycles. The van der Waals surface area contributed by atoms with Gasteiger partial charge >= 0.3 is 0 Å². The first-order valence-electron chi connectivity index (χ1n) is 6.05. The van der Waals surface area contributed by atoms with Crippen LogP contribution in [0.5, 0.6) is 0 Å². The van der Waals surface area contributed by atoms with Crippen LogP contribution in [0.3, 0.4) is 0 Å². The predicted octanol–water partition coefficient (Wildman–Crippen LogP) is 1.27. The highest BCUT2D eigenvalue weighted by atomic mass is 35.5. The van der Waals surface area contributed by atoms with Crippen LogP contribution in [0.25, 0.3) is 0 Å². The van der Waals surface area contributed by atoms with Crippen molar-refractivity contribution in [1.29, 1.82) is 0 Å². The van der Waals surface area contributed by atoms with Crippen LogP contribution >= 0.6 is 11.6 Å². The van der Waals surface area contributed by atoms with E-state index in [-0.39, 0.29) is 12.5 Å². The first kappa shape index (κ1) is 15.9. The minimum Gasteiger partial charge on any atom is -0.391 e. The van der Waals surface area contributed by atoms with Crippen LogP contribution in [0.4, 0.5) is 5.69 Å². The van der Waals surface area contributed by atoms with E-state index in [0.717, 1.165) is 0 Å².